The van der Waals surface area contributed by atoms with Crippen LogP contribution < -0.4 is 0 Å². The second-order valence-corrected chi connectivity index (χ2v) is 5.57. The number of H-pyrrole nitrogens is 1. The summed E-state index contributed by atoms with van der Waals surface area (Å²) in [5.74, 6) is 1.66. The number of hydrogen-bond acceptors (Lipinski definition) is 2. The number of imidazole rings is 1. The van der Waals surface area contributed by atoms with Crippen LogP contribution in [0, 0.1) is 6.92 Å². The van der Waals surface area contributed by atoms with Gasteiger partial charge in [0.25, 0.3) is 0 Å². The lowest BCUT2D eigenvalue weighted by molar-refractivity contribution is 0.888. The van der Waals surface area contributed by atoms with E-state index in [2.05, 4.69) is 29.9 Å². The van der Waals surface area contributed by atoms with Crippen molar-refractivity contribution in [3.63, 3.8) is 0 Å². The van der Waals surface area contributed by atoms with E-state index in [9.17, 15) is 0 Å². The van der Waals surface area contributed by atoms with Crippen LogP contribution in [0.5, 0.6) is 0 Å². The fourth-order valence-electron chi connectivity index (χ4n) is 2.11. The van der Waals surface area contributed by atoms with Gasteiger partial charge in [-0.3, -0.25) is 0 Å². The number of thiophene rings is 1. The lowest BCUT2D eigenvalue weighted by Gasteiger charge is -1.98. The summed E-state index contributed by atoms with van der Waals surface area (Å²) in [5, 5.41) is 0. The molecule has 2 nitrogen and oxygen atoms in total. The van der Waals surface area contributed by atoms with Crippen molar-refractivity contribution in [2.75, 3.05) is 0 Å². The second-order valence-electron chi connectivity index (χ2n) is 4.48. The Balaban J connectivity index is 2.14. The van der Waals surface area contributed by atoms with Gasteiger partial charge in [0.1, 0.15) is 11.5 Å². The molecule has 15 heavy (non-hydrogen) atoms. The van der Waals surface area contributed by atoms with Gasteiger partial charge in [0.15, 0.2) is 0 Å². The Kier molecular flexibility index (Phi) is 1.80. The molecule has 0 fully saturated rings. The van der Waals surface area contributed by atoms with E-state index in [1.54, 1.807) is 0 Å². The topological polar surface area (TPSA) is 28.7 Å². The zero-order valence-electron chi connectivity index (χ0n) is 9.22. The maximum absolute atomic E-state index is 4.56. The molecule has 2 aromatic rings. The number of hydrogen-bond donors (Lipinski definition) is 1. The largest absolute Gasteiger partial charge is 0.345 e. The maximum atomic E-state index is 4.56. The molecule has 0 radical (unpaired) electrons. The van der Waals surface area contributed by atoms with E-state index in [0.717, 1.165) is 12.2 Å². The summed E-state index contributed by atoms with van der Waals surface area (Å²) in [7, 11) is 0. The van der Waals surface area contributed by atoms with Gasteiger partial charge in [-0.15, -0.1) is 11.3 Å². The molecule has 3 rings (SSSR count). The molecule has 0 saturated heterocycles. The van der Waals surface area contributed by atoms with Crippen molar-refractivity contribution in [3.8, 4) is 10.6 Å². The number of fused-ring (bicyclic) bond motifs is 3. The smallest absolute Gasteiger partial charge is 0.103 e. The summed E-state index contributed by atoms with van der Waals surface area (Å²) in [5.41, 5.74) is 3.95. The molecule has 78 valence electrons. The van der Waals surface area contributed by atoms with Crippen molar-refractivity contribution in [1.29, 1.82) is 0 Å². The lowest BCUT2D eigenvalue weighted by atomic mass is 10.1. The van der Waals surface area contributed by atoms with Crippen molar-refractivity contribution < 1.29 is 0 Å². The van der Waals surface area contributed by atoms with Crippen LogP contribution >= 0.6 is 11.3 Å². The summed E-state index contributed by atoms with van der Waals surface area (Å²) in [6, 6.07) is 2.34. The summed E-state index contributed by atoms with van der Waals surface area (Å²) in [6.45, 7) is 6.52. The summed E-state index contributed by atoms with van der Waals surface area (Å²) in [4.78, 5) is 10.8. The highest BCUT2D eigenvalue weighted by Gasteiger charge is 2.25. The molecular weight excluding hydrogens is 204 g/mol. The Bertz CT molecular complexity index is 520. The predicted octanol–water partition coefficient (Wildman–Crippen LogP) is 3.47. The molecule has 0 aliphatic heterocycles. The van der Waals surface area contributed by atoms with E-state index in [1.165, 1.54) is 26.7 Å². The third-order valence-electron chi connectivity index (χ3n) is 2.88. The number of rotatable bonds is 1. The molecule has 1 aliphatic rings. The van der Waals surface area contributed by atoms with E-state index >= 15 is 0 Å². The van der Waals surface area contributed by atoms with Crippen molar-refractivity contribution in [3.05, 3.63) is 28.0 Å². The minimum absolute atomic E-state index is 0.629. The zero-order valence-corrected chi connectivity index (χ0v) is 10.0. The zero-order chi connectivity index (χ0) is 10.6. The summed E-state index contributed by atoms with van der Waals surface area (Å²) >= 11 is 1.90. The van der Waals surface area contributed by atoms with Gasteiger partial charge in [-0.2, -0.15) is 0 Å². The van der Waals surface area contributed by atoms with Gasteiger partial charge >= 0.3 is 0 Å². The quantitative estimate of drug-likeness (QED) is 0.665. The van der Waals surface area contributed by atoms with E-state index < -0.39 is 0 Å². The molecule has 0 atom stereocenters. The highest BCUT2D eigenvalue weighted by atomic mass is 32.1. The molecule has 1 N–H and O–H groups in total. The van der Waals surface area contributed by atoms with Crippen LogP contribution in [0.1, 0.15) is 41.7 Å². The normalized spacial score (nSPS) is 13.3. The molecule has 0 amide bonds. The fraction of sp³-hybridized carbons (Fsp3) is 0.417. The van der Waals surface area contributed by atoms with Crippen LogP contribution in [0.3, 0.4) is 0 Å². The number of aromatic nitrogens is 2. The number of nitrogens with zero attached hydrogens (tertiary/aromatic N) is 1. The van der Waals surface area contributed by atoms with Crippen LogP contribution in [-0.2, 0) is 6.42 Å². The molecule has 2 heterocycles. The monoisotopic (exact) mass is 218 g/mol. The van der Waals surface area contributed by atoms with Crippen molar-refractivity contribution in [2.45, 2.75) is 33.1 Å². The van der Waals surface area contributed by atoms with Gasteiger partial charge < -0.3 is 4.98 Å². The molecule has 0 bridgehead atoms. The first-order chi connectivity index (χ1) is 7.15. The second kappa shape index (κ2) is 2.95. The molecule has 3 heteroatoms. The average molecular weight is 218 g/mol. The number of nitrogens with one attached hydrogen (secondary N) is 1. The highest BCUT2D eigenvalue weighted by molar-refractivity contribution is 7.15. The van der Waals surface area contributed by atoms with E-state index in [-0.39, 0.29) is 0 Å². The third-order valence-corrected chi connectivity index (χ3v) is 4.36. The molecule has 0 aromatic carbocycles. The first-order valence-corrected chi connectivity index (χ1v) is 6.15. The number of aryl methyl sites for hydroxylation is 1. The third kappa shape index (κ3) is 1.26. The Morgan fingerprint density at radius 2 is 2.27 bits per heavy atom. The standard InChI is InChI=1S/C12H14N2S/c1-6(2)10-5-8-4-9-11(12(8)15-10)14-7(3)13-9/h5-6H,4H2,1-3H3,(H,13,14). The SMILES string of the molecule is Cc1nc2c([nH]1)Cc1cc(C(C)C)sc1-2. The Labute approximate surface area is 93.4 Å². The van der Waals surface area contributed by atoms with E-state index in [4.69, 9.17) is 0 Å². The van der Waals surface area contributed by atoms with E-state index in [1.807, 2.05) is 18.3 Å². The molecule has 1 aliphatic carbocycles. The van der Waals surface area contributed by atoms with Gasteiger partial charge in [0, 0.05) is 17.0 Å². The summed E-state index contributed by atoms with van der Waals surface area (Å²) in [6.07, 6.45) is 1.04. The molecule has 0 spiro atoms. The minimum atomic E-state index is 0.629. The van der Waals surface area contributed by atoms with Crippen LogP contribution in [-0.4, -0.2) is 9.97 Å². The van der Waals surface area contributed by atoms with Crippen molar-refractivity contribution in [2.24, 2.45) is 0 Å². The van der Waals surface area contributed by atoms with Gasteiger partial charge in [-0.1, -0.05) is 13.8 Å². The summed E-state index contributed by atoms with van der Waals surface area (Å²) < 4.78 is 0. The van der Waals surface area contributed by atoms with Crippen molar-refractivity contribution >= 4 is 11.3 Å². The van der Waals surface area contributed by atoms with Crippen LogP contribution in [0.4, 0.5) is 0 Å². The molecule has 2 aromatic heterocycles. The first kappa shape index (κ1) is 9.16. The van der Waals surface area contributed by atoms with Crippen LogP contribution in [0.15, 0.2) is 6.07 Å². The minimum Gasteiger partial charge on any atom is -0.345 e. The number of aromatic amines is 1. The molecular formula is C12H14N2S. The van der Waals surface area contributed by atoms with Gasteiger partial charge in [-0.05, 0) is 24.5 Å². The van der Waals surface area contributed by atoms with Gasteiger partial charge in [0.2, 0.25) is 0 Å². The van der Waals surface area contributed by atoms with Crippen LogP contribution in [0.2, 0.25) is 0 Å². The highest BCUT2D eigenvalue weighted by Crippen LogP contribution is 2.42. The Hall–Kier alpha value is -1.09. The first-order valence-electron chi connectivity index (χ1n) is 5.33. The predicted molar refractivity (Wildman–Crippen MR) is 63.5 cm³/mol. The van der Waals surface area contributed by atoms with E-state index in [0.29, 0.717) is 5.92 Å². The Morgan fingerprint density at radius 1 is 1.47 bits per heavy atom. The van der Waals surface area contributed by atoms with Crippen LogP contribution in [0.25, 0.3) is 10.6 Å². The fourth-order valence-corrected chi connectivity index (χ4v) is 3.31. The average Bonchev–Trinajstić information content (AvgIpc) is 2.73. The lowest BCUT2D eigenvalue weighted by Crippen LogP contribution is -1.83. The molecule has 0 unspecified atom stereocenters. The van der Waals surface area contributed by atoms with Crippen molar-refractivity contribution in [1.82, 2.24) is 9.97 Å². The maximum Gasteiger partial charge on any atom is 0.103 e. The Morgan fingerprint density at radius 3 is 3.00 bits per heavy atom. The molecule has 0 saturated carbocycles. The van der Waals surface area contributed by atoms with Gasteiger partial charge in [0.05, 0.1) is 4.88 Å². The van der Waals surface area contributed by atoms with Gasteiger partial charge in [-0.25, -0.2) is 4.98 Å².